The molecule has 0 aromatic rings. The standard InChI is InChI=1S/C20H28F3NO5S/c1-19(13-7-11-6-12(9-13)10-14(19)8-11)29-18(26)16-5-3-2-4-15(16)17(25)24-30(27,28)20(21,22)23/h11-16H,2-10H2,1H3,(H,24,25). The highest BCUT2D eigenvalue weighted by Crippen LogP contribution is 2.59. The molecule has 4 bridgehead atoms. The number of halogens is 3. The van der Waals surface area contributed by atoms with E-state index in [0.29, 0.717) is 31.1 Å². The third-order valence-corrected chi connectivity index (χ3v) is 9.10. The van der Waals surface area contributed by atoms with Gasteiger partial charge in [0.25, 0.3) is 0 Å². The molecule has 1 amide bonds. The van der Waals surface area contributed by atoms with Crippen LogP contribution < -0.4 is 4.72 Å². The molecule has 0 saturated heterocycles. The van der Waals surface area contributed by atoms with Crippen molar-refractivity contribution in [1.29, 1.82) is 0 Å². The van der Waals surface area contributed by atoms with Gasteiger partial charge in [0.1, 0.15) is 5.60 Å². The molecule has 5 aliphatic carbocycles. The molecule has 0 spiro atoms. The van der Waals surface area contributed by atoms with E-state index in [9.17, 15) is 31.2 Å². The van der Waals surface area contributed by atoms with Crippen LogP contribution in [0.1, 0.15) is 64.7 Å². The molecule has 0 aromatic heterocycles. The van der Waals surface area contributed by atoms with Crippen LogP contribution in [-0.2, 0) is 24.3 Å². The van der Waals surface area contributed by atoms with Crippen molar-refractivity contribution in [3.63, 3.8) is 0 Å². The van der Waals surface area contributed by atoms with Gasteiger partial charge in [-0.05, 0) is 75.5 Å². The molecule has 0 aromatic carbocycles. The molecular formula is C20H28F3NO5S. The van der Waals surface area contributed by atoms with Crippen molar-refractivity contribution in [2.45, 2.75) is 75.8 Å². The third kappa shape index (κ3) is 3.73. The molecule has 10 heteroatoms. The maximum absolute atomic E-state index is 13.1. The van der Waals surface area contributed by atoms with Gasteiger partial charge < -0.3 is 4.74 Å². The lowest BCUT2D eigenvalue weighted by Crippen LogP contribution is -2.58. The second-order valence-corrected chi connectivity index (χ2v) is 11.5. The number of hydrogen-bond donors (Lipinski definition) is 1. The lowest BCUT2D eigenvalue weighted by atomic mass is 9.50. The van der Waals surface area contributed by atoms with Crippen LogP contribution in [0.5, 0.6) is 0 Å². The fourth-order valence-corrected chi connectivity index (χ4v) is 7.10. The molecule has 0 radical (unpaired) electrons. The fraction of sp³-hybridized carbons (Fsp3) is 0.900. The van der Waals surface area contributed by atoms with E-state index in [0.717, 1.165) is 30.4 Å². The number of hydrogen-bond acceptors (Lipinski definition) is 5. The summed E-state index contributed by atoms with van der Waals surface area (Å²) in [5.74, 6) is -1.99. The SMILES string of the molecule is CC1(OC(=O)C2CCCCC2C(=O)NS(=O)(=O)C(F)(F)F)C2CC3CC(C2)CC1C3. The highest BCUT2D eigenvalue weighted by Gasteiger charge is 2.58. The monoisotopic (exact) mass is 451 g/mol. The summed E-state index contributed by atoms with van der Waals surface area (Å²) in [7, 11) is -5.80. The van der Waals surface area contributed by atoms with Crippen molar-refractivity contribution in [1.82, 2.24) is 4.72 Å². The molecule has 5 rings (SSSR count). The second kappa shape index (κ2) is 7.38. The van der Waals surface area contributed by atoms with Gasteiger partial charge in [-0.25, -0.2) is 4.72 Å². The van der Waals surface area contributed by atoms with E-state index in [2.05, 4.69) is 0 Å². The molecule has 2 unspecified atom stereocenters. The predicted molar refractivity (Wildman–Crippen MR) is 100 cm³/mol. The Hall–Kier alpha value is -1.32. The summed E-state index contributed by atoms with van der Waals surface area (Å²) in [5, 5.41) is 0. The van der Waals surface area contributed by atoms with Gasteiger partial charge in [-0.15, -0.1) is 0 Å². The van der Waals surface area contributed by atoms with Crippen LogP contribution in [0, 0.1) is 35.5 Å². The predicted octanol–water partition coefficient (Wildman–Crippen LogP) is 3.52. The van der Waals surface area contributed by atoms with Gasteiger partial charge in [0.05, 0.1) is 11.8 Å². The molecule has 1 N–H and O–H groups in total. The van der Waals surface area contributed by atoms with Gasteiger partial charge in [0, 0.05) is 0 Å². The van der Waals surface area contributed by atoms with E-state index in [1.54, 1.807) is 0 Å². The van der Waals surface area contributed by atoms with Crippen LogP contribution in [0.2, 0.25) is 0 Å². The molecule has 5 fully saturated rings. The number of carbonyl (C=O) groups is 2. The van der Waals surface area contributed by atoms with Crippen LogP contribution in [0.3, 0.4) is 0 Å². The minimum absolute atomic E-state index is 0.159. The maximum atomic E-state index is 13.1. The summed E-state index contributed by atoms with van der Waals surface area (Å²) in [6.07, 6.45) is 6.99. The molecule has 2 atom stereocenters. The Balaban J connectivity index is 1.48. The number of amides is 1. The number of nitrogens with one attached hydrogen (secondary N) is 1. The summed E-state index contributed by atoms with van der Waals surface area (Å²) >= 11 is 0. The largest absolute Gasteiger partial charge is 0.516 e. The van der Waals surface area contributed by atoms with Crippen LogP contribution >= 0.6 is 0 Å². The average molecular weight is 452 g/mol. The third-order valence-electron chi connectivity index (χ3n) is 8.02. The van der Waals surface area contributed by atoms with Crippen LogP contribution in [0.25, 0.3) is 0 Å². The highest BCUT2D eigenvalue weighted by molar-refractivity contribution is 7.90. The van der Waals surface area contributed by atoms with E-state index >= 15 is 0 Å². The Labute approximate surface area is 174 Å². The van der Waals surface area contributed by atoms with Crippen LogP contribution in [0.15, 0.2) is 0 Å². The topological polar surface area (TPSA) is 89.5 Å². The van der Waals surface area contributed by atoms with Crippen molar-refractivity contribution in [3.05, 3.63) is 0 Å². The summed E-state index contributed by atoms with van der Waals surface area (Å²) in [6.45, 7) is 1.96. The van der Waals surface area contributed by atoms with Gasteiger partial charge in [-0.3, -0.25) is 9.59 Å². The number of esters is 1. The first-order valence-corrected chi connectivity index (χ1v) is 12.2. The van der Waals surface area contributed by atoms with Gasteiger partial charge in [0.15, 0.2) is 0 Å². The maximum Gasteiger partial charge on any atom is 0.516 e. The van der Waals surface area contributed by atoms with Crippen molar-refractivity contribution < 1.29 is 35.9 Å². The first-order chi connectivity index (χ1) is 13.9. The summed E-state index contributed by atoms with van der Waals surface area (Å²) in [4.78, 5) is 25.5. The van der Waals surface area contributed by atoms with Crippen molar-refractivity contribution in [2.75, 3.05) is 0 Å². The number of alkyl halides is 3. The van der Waals surface area contributed by atoms with E-state index in [4.69, 9.17) is 4.74 Å². The molecule has 0 heterocycles. The summed E-state index contributed by atoms with van der Waals surface area (Å²) in [6, 6.07) is 0. The molecular weight excluding hydrogens is 423 g/mol. The van der Waals surface area contributed by atoms with Crippen LogP contribution in [-0.4, -0.2) is 31.4 Å². The first kappa shape index (κ1) is 21.9. The number of rotatable bonds is 4. The molecule has 0 aliphatic heterocycles. The summed E-state index contributed by atoms with van der Waals surface area (Å²) in [5.41, 5.74) is -6.19. The molecule has 170 valence electrons. The quantitative estimate of drug-likeness (QED) is 0.661. The molecule has 5 aliphatic rings. The Bertz CT molecular complexity index is 797. The smallest absolute Gasteiger partial charge is 0.459 e. The number of ether oxygens (including phenoxy) is 1. The van der Waals surface area contributed by atoms with E-state index in [-0.39, 0.29) is 18.3 Å². The minimum Gasteiger partial charge on any atom is -0.459 e. The van der Waals surface area contributed by atoms with E-state index in [1.165, 1.54) is 6.42 Å². The number of sulfonamides is 1. The van der Waals surface area contributed by atoms with Gasteiger partial charge in [0.2, 0.25) is 5.91 Å². The Morgan fingerprint density at radius 1 is 0.933 bits per heavy atom. The van der Waals surface area contributed by atoms with Gasteiger partial charge >= 0.3 is 21.5 Å². The second-order valence-electron chi connectivity index (χ2n) is 9.82. The fourth-order valence-electron chi connectivity index (χ4n) is 6.57. The first-order valence-electron chi connectivity index (χ1n) is 10.8. The highest BCUT2D eigenvalue weighted by atomic mass is 32.2. The van der Waals surface area contributed by atoms with Crippen molar-refractivity contribution in [3.8, 4) is 0 Å². The van der Waals surface area contributed by atoms with Crippen molar-refractivity contribution >= 4 is 21.9 Å². The molecule has 6 nitrogen and oxygen atoms in total. The zero-order valence-corrected chi connectivity index (χ0v) is 17.7. The molecule has 5 saturated carbocycles. The van der Waals surface area contributed by atoms with E-state index < -0.39 is 44.8 Å². The average Bonchev–Trinajstić information content (AvgIpc) is 2.64. The summed E-state index contributed by atoms with van der Waals surface area (Å²) < 4.78 is 67.8. The molecule has 30 heavy (non-hydrogen) atoms. The minimum atomic E-state index is -5.80. The van der Waals surface area contributed by atoms with Crippen LogP contribution in [0.4, 0.5) is 13.2 Å². The van der Waals surface area contributed by atoms with E-state index in [1.807, 2.05) is 6.92 Å². The van der Waals surface area contributed by atoms with Gasteiger partial charge in [-0.2, -0.15) is 21.6 Å². The zero-order valence-electron chi connectivity index (χ0n) is 16.9. The number of carbonyl (C=O) groups excluding carboxylic acids is 2. The Kier molecular flexibility index (Phi) is 5.38. The van der Waals surface area contributed by atoms with Crippen molar-refractivity contribution in [2.24, 2.45) is 35.5 Å². The van der Waals surface area contributed by atoms with Gasteiger partial charge in [-0.1, -0.05) is 12.8 Å². The Morgan fingerprint density at radius 2 is 1.43 bits per heavy atom. The lowest BCUT2D eigenvalue weighted by Gasteiger charge is -2.59. The Morgan fingerprint density at radius 3 is 1.93 bits per heavy atom. The zero-order chi connectivity index (χ0) is 21.9. The lowest BCUT2D eigenvalue weighted by molar-refractivity contribution is -0.209. The normalized spacial score (nSPS) is 40.8.